The molecule has 22 heavy (non-hydrogen) atoms. The van der Waals surface area contributed by atoms with Crippen molar-refractivity contribution >= 4 is 33.5 Å². The van der Waals surface area contributed by atoms with Crippen LogP contribution in [-0.2, 0) is 4.74 Å². The van der Waals surface area contributed by atoms with Crippen LogP contribution in [-0.4, -0.2) is 36.1 Å². The van der Waals surface area contributed by atoms with Gasteiger partial charge in [0.1, 0.15) is 0 Å². The SMILES string of the molecule is COCCCNc1ncc(C(=O)Nc2ccccc2Br)cn1. The van der Waals surface area contributed by atoms with Gasteiger partial charge in [0.05, 0.1) is 11.3 Å². The zero-order valence-corrected chi connectivity index (χ0v) is 13.8. The molecule has 2 rings (SSSR count). The van der Waals surface area contributed by atoms with Crippen molar-refractivity contribution < 1.29 is 9.53 Å². The summed E-state index contributed by atoms with van der Waals surface area (Å²) in [6.07, 6.45) is 3.86. The second-order valence-corrected chi connectivity index (χ2v) is 5.36. The number of hydrogen-bond acceptors (Lipinski definition) is 5. The van der Waals surface area contributed by atoms with E-state index >= 15 is 0 Å². The van der Waals surface area contributed by atoms with Gasteiger partial charge < -0.3 is 15.4 Å². The minimum atomic E-state index is -0.252. The molecule has 0 saturated heterocycles. The van der Waals surface area contributed by atoms with Gasteiger partial charge in [-0.25, -0.2) is 9.97 Å². The number of aromatic nitrogens is 2. The maximum absolute atomic E-state index is 12.1. The van der Waals surface area contributed by atoms with Crippen molar-refractivity contribution in [2.24, 2.45) is 0 Å². The van der Waals surface area contributed by atoms with E-state index in [0.717, 1.165) is 17.4 Å². The Labute approximate surface area is 137 Å². The molecule has 1 heterocycles. The van der Waals surface area contributed by atoms with E-state index in [1.807, 2.05) is 24.3 Å². The van der Waals surface area contributed by atoms with Gasteiger partial charge in [-0.15, -0.1) is 0 Å². The van der Waals surface area contributed by atoms with Gasteiger partial charge in [-0.05, 0) is 34.5 Å². The number of para-hydroxylation sites is 1. The van der Waals surface area contributed by atoms with Crippen LogP contribution in [0.1, 0.15) is 16.8 Å². The summed E-state index contributed by atoms with van der Waals surface area (Å²) in [4.78, 5) is 20.4. The zero-order chi connectivity index (χ0) is 15.8. The van der Waals surface area contributed by atoms with Crippen LogP contribution in [0.15, 0.2) is 41.1 Å². The molecule has 2 N–H and O–H groups in total. The summed E-state index contributed by atoms with van der Waals surface area (Å²) >= 11 is 3.38. The summed E-state index contributed by atoms with van der Waals surface area (Å²) in [5, 5.41) is 5.87. The first-order chi connectivity index (χ1) is 10.7. The van der Waals surface area contributed by atoms with Crippen LogP contribution < -0.4 is 10.6 Å². The second-order valence-electron chi connectivity index (χ2n) is 4.50. The molecule has 0 saturated carbocycles. The van der Waals surface area contributed by atoms with Gasteiger partial charge in [0.15, 0.2) is 0 Å². The fraction of sp³-hybridized carbons (Fsp3) is 0.267. The first-order valence-electron chi connectivity index (χ1n) is 6.81. The minimum absolute atomic E-state index is 0.252. The van der Waals surface area contributed by atoms with Crippen molar-refractivity contribution in [3.05, 3.63) is 46.7 Å². The highest BCUT2D eigenvalue weighted by Crippen LogP contribution is 2.21. The molecule has 1 amide bonds. The Bertz CT molecular complexity index is 619. The number of ether oxygens (including phenoxy) is 1. The van der Waals surface area contributed by atoms with Crippen LogP contribution in [0.2, 0.25) is 0 Å². The highest BCUT2D eigenvalue weighted by molar-refractivity contribution is 9.10. The lowest BCUT2D eigenvalue weighted by atomic mass is 10.3. The third kappa shape index (κ3) is 4.78. The third-order valence-electron chi connectivity index (χ3n) is 2.84. The average Bonchev–Trinajstić information content (AvgIpc) is 2.54. The van der Waals surface area contributed by atoms with Gasteiger partial charge in [-0.3, -0.25) is 4.79 Å². The number of nitrogens with one attached hydrogen (secondary N) is 2. The van der Waals surface area contributed by atoms with E-state index in [0.29, 0.717) is 23.8 Å². The standard InChI is InChI=1S/C15H17BrN4O2/c1-22-8-4-7-17-15-18-9-11(10-19-15)14(21)20-13-6-3-2-5-12(13)16/h2-3,5-6,9-10H,4,7-8H2,1H3,(H,20,21)(H,17,18,19). The summed E-state index contributed by atoms with van der Waals surface area (Å²) in [6, 6.07) is 7.41. The largest absolute Gasteiger partial charge is 0.385 e. The van der Waals surface area contributed by atoms with Gasteiger partial charge in [-0.1, -0.05) is 12.1 Å². The number of carbonyl (C=O) groups excluding carboxylic acids is 1. The van der Waals surface area contributed by atoms with E-state index in [1.54, 1.807) is 7.11 Å². The number of halogens is 1. The summed E-state index contributed by atoms with van der Waals surface area (Å²) < 4.78 is 5.78. The number of rotatable bonds is 7. The summed E-state index contributed by atoms with van der Waals surface area (Å²) in [7, 11) is 1.66. The number of anilines is 2. The molecule has 0 aliphatic rings. The molecule has 0 aliphatic carbocycles. The molecule has 0 radical (unpaired) electrons. The van der Waals surface area contributed by atoms with Crippen LogP contribution in [0.25, 0.3) is 0 Å². The zero-order valence-electron chi connectivity index (χ0n) is 12.2. The van der Waals surface area contributed by atoms with Gasteiger partial charge in [-0.2, -0.15) is 0 Å². The van der Waals surface area contributed by atoms with Crippen LogP contribution >= 0.6 is 15.9 Å². The Hall–Kier alpha value is -1.99. The van der Waals surface area contributed by atoms with Gasteiger partial charge >= 0.3 is 0 Å². The monoisotopic (exact) mass is 364 g/mol. The minimum Gasteiger partial charge on any atom is -0.385 e. The lowest BCUT2D eigenvalue weighted by Crippen LogP contribution is -2.14. The van der Waals surface area contributed by atoms with Gasteiger partial charge in [0, 0.05) is 37.1 Å². The average molecular weight is 365 g/mol. The Balaban J connectivity index is 1.92. The lowest BCUT2D eigenvalue weighted by Gasteiger charge is -2.07. The lowest BCUT2D eigenvalue weighted by molar-refractivity contribution is 0.102. The Morgan fingerprint density at radius 2 is 2.00 bits per heavy atom. The summed E-state index contributed by atoms with van der Waals surface area (Å²) in [6.45, 7) is 1.40. The maximum atomic E-state index is 12.1. The molecule has 0 atom stereocenters. The first-order valence-corrected chi connectivity index (χ1v) is 7.60. The highest BCUT2D eigenvalue weighted by Gasteiger charge is 2.09. The number of methoxy groups -OCH3 is 1. The number of benzene rings is 1. The van der Waals surface area contributed by atoms with Crippen molar-refractivity contribution in [1.29, 1.82) is 0 Å². The predicted molar refractivity (Wildman–Crippen MR) is 89.1 cm³/mol. The summed E-state index contributed by atoms with van der Waals surface area (Å²) in [5.74, 6) is 0.242. The first kappa shape index (κ1) is 16.4. The smallest absolute Gasteiger partial charge is 0.258 e. The van der Waals surface area contributed by atoms with Crippen molar-refractivity contribution in [1.82, 2.24) is 9.97 Å². The predicted octanol–water partition coefficient (Wildman–Crippen LogP) is 2.94. The molecular formula is C15H17BrN4O2. The fourth-order valence-corrected chi connectivity index (χ4v) is 2.09. The molecule has 0 aliphatic heterocycles. The molecule has 0 unspecified atom stereocenters. The van der Waals surface area contributed by atoms with Gasteiger partial charge in [0.2, 0.25) is 5.95 Å². The molecule has 0 spiro atoms. The van der Waals surface area contributed by atoms with Crippen LogP contribution in [0.3, 0.4) is 0 Å². The van der Waals surface area contributed by atoms with Crippen molar-refractivity contribution in [2.45, 2.75) is 6.42 Å². The molecule has 0 fully saturated rings. The van der Waals surface area contributed by atoms with E-state index in [9.17, 15) is 4.79 Å². The van der Waals surface area contributed by atoms with E-state index in [4.69, 9.17) is 4.74 Å². The van der Waals surface area contributed by atoms with Gasteiger partial charge in [0.25, 0.3) is 5.91 Å². The van der Waals surface area contributed by atoms with Crippen LogP contribution in [0.4, 0.5) is 11.6 Å². The Kier molecular flexibility index (Phi) is 6.29. The van der Waals surface area contributed by atoms with Crippen molar-refractivity contribution in [3.63, 3.8) is 0 Å². The Morgan fingerprint density at radius 3 is 2.68 bits per heavy atom. The van der Waals surface area contributed by atoms with Crippen molar-refractivity contribution in [3.8, 4) is 0 Å². The van der Waals surface area contributed by atoms with E-state index in [1.165, 1.54) is 12.4 Å². The fourth-order valence-electron chi connectivity index (χ4n) is 1.71. The molecule has 1 aromatic heterocycles. The molecule has 0 bridgehead atoms. The maximum Gasteiger partial charge on any atom is 0.258 e. The van der Waals surface area contributed by atoms with E-state index in [2.05, 4.69) is 36.5 Å². The number of nitrogens with zero attached hydrogens (tertiary/aromatic N) is 2. The topological polar surface area (TPSA) is 76.1 Å². The third-order valence-corrected chi connectivity index (χ3v) is 3.54. The molecule has 1 aromatic carbocycles. The summed E-state index contributed by atoms with van der Waals surface area (Å²) in [5.41, 5.74) is 1.10. The quantitative estimate of drug-likeness (QED) is 0.738. The normalized spacial score (nSPS) is 10.3. The van der Waals surface area contributed by atoms with Crippen LogP contribution in [0.5, 0.6) is 0 Å². The number of hydrogen-bond donors (Lipinski definition) is 2. The number of amides is 1. The van der Waals surface area contributed by atoms with E-state index in [-0.39, 0.29) is 5.91 Å². The molecule has 6 nitrogen and oxygen atoms in total. The molecule has 7 heteroatoms. The second kappa shape index (κ2) is 8.45. The van der Waals surface area contributed by atoms with Crippen molar-refractivity contribution in [2.75, 3.05) is 30.9 Å². The molecule has 116 valence electrons. The molecule has 2 aromatic rings. The number of carbonyl (C=O) groups is 1. The highest BCUT2D eigenvalue weighted by atomic mass is 79.9. The Morgan fingerprint density at radius 1 is 1.27 bits per heavy atom. The van der Waals surface area contributed by atoms with Crippen LogP contribution in [0, 0.1) is 0 Å². The van der Waals surface area contributed by atoms with E-state index < -0.39 is 0 Å². The molecular weight excluding hydrogens is 348 g/mol.